The Hall–Kier alpha value is -1.99. The number of anilines is 1. The van der Waals surface area contributed by atoms with Gasteiger partial charge in [-0.1, -0.05) is 13.0 Å². The normalized spacial score (nSPS) is 20.5. The van der Waals surface area contributed by atoms with Gasteiger partial charge in [-0.15, -0.1) is 17.9 Å². The van der Waals surface area contributed by atoms with E-state index in [1.54, 1.807) is 12.4 Å². The van der Waals surface area contributed by atoms with Crippen LogP contribution in [-0.4, -0.2) is 60.0 Å². The first-order valence-electron chi connectivity index (χ1n) is 9.76. The van der Waals surface area contributed by atoms with Crippen LogP contribution in [0.25, 0.3) is 10.2 Å². The van der Waals surface area contributed by atoms with Crippen molar-refractivity contribution in [2.75, 3.05) is 44.2 Å². The van der Waals surface area contributed by atoms with Crippen molar-refractivity contribution in [3.63, 3.8) is 0 Å². The number of thiophene rings is 1. The van der Waals surface area contributed by atoms with E-state index in [9.17, 15) is 4.79 Å². The molecule has 1 saturated heterocycles. The minimum Gasteiger partial charge on any atom is -0.353 e. The molecule has 1 atom stereocenters. The van der Waals surface area contributed by atoms with Gasteiger partial charge in [-0.2, -0.15) is 0 Å². The lowest BCUT2D eigenvalue weighted by molar-refractivity contribution is -0.122. The number of fused-ring (bicyclic) bond motifs is 3. The zero-order valence-electron chi connectivity index (χ0n) is 15.9. The van der Waals surface area contributed by atoms with Crippen LogP contribution in [0.2, 0.25) is 0 Å². The Morgan fingerprint density at radius 1 is 1.37 bits per heavy atom. The number of carbonyl (C=O) groups excluding carboxylic acids is 1. The van der Waals surface area contributed by atoms with Crippen LogP contribution in [-0.2, 0) is 17.6 Å². The smallest absolute Gasteiger partial charge is 0.234 e. The molecule has 2 aromatic heterocycles. The number of amides is 1. The third kappa shape index (κ3) is 3.84. The minimum absolute atomic E-state index is 0.0637. The SMILES string of the molecule is C=CCNC(=O)CN1CCN(c2ncnc3sc4c(c23)CC[C@H](C)C4)CC1. The van der Waals surface area contributed by atoms with E-state index in [1.165, 1.54) is 28.7 Å². The maximum absolute atomic E-state index is 11.9. The van der Waals surface area contributed by atoms with Crippen molar-refractivity contribution in [2.45, 2.75) is 26.2 Å². The van der Waals surface area contributed by atoms with E-state index in [0.29, 0.717) is 13.1 Å². The lowest BCUT2D eigenvalue weighted by atomic mass is 9.89. The average molecular weight is 386 g/mol. The highest BCUT2D eigenvalue weighted by Gasteiger charge is 2.26. The Balaban J connectivity index is 1.48. The number of carbonyl (C=O) groups is 1. The van der Waals surface area contributed by atoms with Gasteiger partial charge in [0.25, 0.3) is 0 Å². The van der Waals surface area contributed by atoms with Gasteiger partial charge in [-0.3, -0.25) is 9.69 Å². The van der Waals surface area contributed by atoms with Gasteiger partial charge in [0.1, 0.15) is 17.0 Å². The van der Waals surface area contributed by atoms with Crippen molar-refractivity contribution in [3.05, 3.63) is 29.4 Å². The Morgan fingerprint density at radius 2 is 2.19 bits per heavy atom. The summed E-state index contributed by atoms with van der Waals surface area (Å²) in [6, 6.07) is 0. The molecule has 0 spiro atoms. The van der Waals surface area contributed by atoms with Crippen LogP contribution in [0.5, 0.6) is 0 Å². The molecule has 0 bridgehead atoms. The number of hydrogen-bond donors (Lipinski definition) is 1. The largest absolute Gasteiger partial charge is 0.353 e. The highest BCUT2D eigenvalue weighted by Crippen LogP contribution is 2.40. The fourth-order valence-electron chi connectivity index (χ4n) is 4.06. The van der Waals surface area contributed by atoms with E-state index in [4.69, 9.17) is 0 Å². The Labute approximate surface area is 164 Å². The van der Waals surface area contributed by atoms with E-state index in [2.05, 4.69) is 38.6 Å². The molecule has 3 heterocycles. The van der Waals surface area contributed by atoms with E-state index >= 15 is 0 Å². The molecule has 0 unspecified atom stereocenters. The van der Waals surface area contributed by atoms with Crippen LogP contribution in [0.4, 0.5) is 5.82 Å². The van der Waals surface area contributed by atoms with E-state index < -0.39 is 0 Å². The molecule has 2 aromatic rings. The van der Waals surface area contributed by atoms with Gasteiger partial charge in [0.2, 0.25) is 5.91 Å². The quantitative estimate of drug-likeness (QED) is 0.800. The summed E-state index contributed by atoms with van der Waals surface area (Å²) in [4.78, 5) is 28.4. The molecule has 0 aromatic carbocycles. The zero-order valence-corrected chi connectivity index (χ0v) is 16.7. The molecule has 1 aliphatic heterocycles. The number of aromatic nitrogens is 2. The van der Waals surface area contributed by atoms with Crippen LogP contribution in [0, 0.1) is 5.92 Å². The molecular formula is C20H27N5OS. The standard InChI is InChI=1S/C20H27N5OS/c1-3-6-21-17(26)12-24-7-9-25(10-8-24)19-18-15-5-4-14(2)11-16(15)27-20(18)23-13-22-19/h3,13-14H,1,4-12H2,2H3,(H,21,26)/t14-/m0/s1. The molecule has 2 aliphatic rings. The van der Waals surface area contributed by atoms with Crippen molar-refractivity contribution < 1.29 is 4.79 Å². The van der Waals surface area contributed by atoms with Crippen LogP contribution in [0.15, 0.2) is 19.0 Å². The van der Waals surface area contributed by atoms with Crippen LogP contribution >= 0.6 is 11.3 Å². The van der Waals surface area contributed by atoms with Crippen molar-refractivity contribution in [3.8, 4) is 0 Å². The molecule has 1 amide bonds. The first-order chi connectivity index (χ1) is 13.2. The molecule has 0 radical (unpaired) electrons. The molecule has 6 nitrogen and oxygen atoms in total. The van der Waals surface area contributed by atoms with Gasteiger partial charge in [0.05, 0.1) is 11.9 Å². The van der Waals surface area contributed by atoms with Crippen LogP contribution < -0.4 is 10.2 Å². The summed E-state index contributed by atoms with van der Waals surface area (Å²) >= 11 is 1.85. The predicted octanol–water partition coefficient (Wildman–Crippen LogP) is 2.24. The van der Waals surface area contributed by atoms with Crippen molar-refractivity contribution in [2.24, 2.45) is 5.92 Å². The molecule has 144 valence electrons. The third-order valence-electron chi connectivity index (χ3n) is 5.55. The highest BCUT2D eigenvalue weighted by atomic mass is 32.1. The predicted molar refractivity (Wildman–Crippen MR) is 110 cm³/mol. The number of hydrogen-bond acceptors (Lipinski definition) is 6. The molecular weight excluding hydrogens is 358 g/mol. The van der Waals surface area contributed by atoms with Gasteiger partial charge in [0.15, 0.2) is 0 Å². The molecule has 1 fully saturated rings. The summed E-state index contributed by atoms with van der Waals surface area (Å²) in [6.07, 6.45) is 6.97. The number of rotatable bonds is 5. The van der Waals surface area contributed by atoms with Crippen LogP contribution in [0.1, 0.15) is 23.8 Å². The zero-order chi connectivity index (χ0) is 18.8. The second kappa shape index (κ2) is 7.94. The molecule has 0 saturated carbocycles. The summed E-state index contributed by atoms with van der Waals surface area (Å²) in [5.74, 6) is 1.91. The molecule has 1 aliphatic carbocycles. The van der Waals surface area contributed by atoms with E-state index in [-0.39, 0.29) is 5.91 Å². The summed E-state index contributed by atoms with van der Waals surface area (Å²) in [7, 11) is 0. The summed E-state index contributed by atoms with van der Waals surface area (Å²) in [5.41, 5.74) is 1.48. The number of nitrogens with zero attached hydrogens (tertiary/aromatic N) is 4. The number of nitrogens with one attached hydrogen (secondary N) is 1. The number of aryl methyl sites for hydroxylation is 1. The van der Waals surface area contributed by atoms with Crippen molar-refractivity contribution in [1.82, 2.24) is 20.2 Å². The Kier molecular flexibility index (Phi) is 5.41. The minimum atomic E-state index is 0.0637. The van der Waals surface area contributed by atoms with Gasteiger partial charge in [0, 0.05) is 37.6 Å². The average Bonchev–Trinajstić information content (AvgIpc) is 3.04. The second-order valence-electron chi connectivity index (χ2n) is 7.59. The van der Waals surface area contributed by atoms with Gasteiger partial charge in [-0.25, -0.2) is 9.97 Å². The maximum Gasteiger partial charge on any atom is 0.234 e. The van der Waals surface area contributed by atoms with Gasteiger partial charge < -0.3 is 10.2 Å². The van der Waals surface area contributed by atoms with Crippen LogP contribution in [0.3, 0.4) is 0 Å². The lowest BCUT2D eigenvalue weighted by Gasteiger charge is -2.35. The summed E-state index contributed by atoms with van der Waals surface area (Å²) < 4.78 is 0. The third-order valence-corrected chi connectivity index (χ3v) is 6.72. The highest BCUT2D eigenvalue weighted by molar-refractivity contribution is 7.19. The monoisotopic (exact) mass is 385 g/mol. The van der Waals surface area contributed by atoms with Crippen molar-refractivity contribution in [1.29, 1.82) is 0 Å². The van der Waals surface area contributed by atoms with E-state index in [0.717, 1.165) is 49.2 Å². The Bertz CT molecular complexity index is 840. The lowest BCUT2D eigenvalue weighted by Crippen LogP contribution is -2.49. The first kappa shape index (κ1) is 18.4. The van der Waals surface area contributed by atoms with Crippen molar-refractivity contribution >= 4 is 33.3 Å². The molecule has 4 rings (SSSR count). The second-order valence-corrected chi connectivity index (χ2v) is 8.67. The maximum atomic E-state index is 11.9. The van der Waals surface area contributed by atoms with Gasteiger partial charge >= 0.3 is 0 Å². The van der Waals surface area contributed by atoms with E-state index in [1.807, 2.05) is 11.3 Å². The summed E-state index contributed by atoms with van der Waals surface area (Å²) in [5, 5.41) is 4.13. The number of piperazine rings is 1. The van der Waals surface area contributed by atoms with Gasteiger partial charge in [-0.05, 0) is 30.7 Å². The molecule has 7 heteroatoms. The fraction of sp³-hybridized carbons (Fsp3) is 0.550. The topological polar surface area (TPSA) is 61.4 Å². The molecule has 1 N–H and O–H groups in total. The Morgan fingerprint density at radius 3 is 2.96 bits per heavy atom. The molecule has 27 heavy (non-hydrogen) atoms. The fourth-order valence-corrected chi connectivity index (χ4v) is 5.41. The first-order valence-corrected chi connectivity index (χ1v) is 10.6. The summed E-state index contributed by atoms with van der Waals surface area (Å²) in [6.45, 7) is 10.5.